The third kappa shape index (κ3) is 5.13. The molecule has 3 aromatic rings. The zero-order valence-electron chi connectivity index (χ0n) is 20.3. The second-order valence-electron chi connectivity index (χ2n) is 10.0. The molecule has 2 heterocycles. The minimum Gasteiger partial charge on any atom is -0.373 e. The van der Waals surface area contributed by atoms with Crippen molar-refractivity contribution in [2.75, 3.05) is 18.4 Å². The fourth-order valence-corrected chi connectivity index (χ4v) is 5.03. The smallest absolute Gasteiger partial charge is 0.254 e. The van der Waals surface area contributed by atoms with E-state index >= 15 is 0 Å². The standard InChI is InChI=1S/C28H32N6O2/c29-15-12-28(34-19-24(25(30)35)26(32-34)31-27(36)23-10-11-23)13-16-33(17-14-28)18-20-6-8-22(9-7-20)21-4-2-1-3-5-21/h1-9,19,23,27,36H,10-14,16-18H2,(H2,30,35)(H,31,32). The highest BCUT2D eigenvalue weighted by Crippen LogP contribution is 2.36. The Balaban J connectivity index is 1.27. The molecule has 1 aromatic heterocycles. The van der Waals surface area contributed by atoms with Crippen molar-refractivity contribution in [3.8, 4) is 17.2 Å². The summed E-state index contributed by atoms with van der Waals surface area (Å²) in [7, 11) is 0. The van der Waals surface area contributed by atoms with Crippen LogP contribution in [0.5, 0.6) is 0 Å². The maximum Gasteiger partial charge on any atom is 0.254 e. The molecule has 0 bridgehead atoms. The third-order valence-electron chi connectivity index (χ3n) is 7.48. The summed E-state index contributed by atoms with van der Waals surface area (Å²) < 4.78 is 1.74. The van der Waals surface area contributed by atoms with E-state index in [1.54, 1.807) is 10.9 Å². The summed E-state index contributed by atoms with van der Waals surface area (Å²) in [5, 5.41) is 27.5. The number of carbonyl (C=O) groups excluding carboxylic acids is 1. The monoisotopic (exact) mass is 484 g/mol. The molecule has 4 N–H and O–H groups in total. The lowest BCUT2D eigenvalue weighted by Gasteiger charge is -2.40. The van der Waals surface area contributed by atoms with Crippen LogP contribution in [0, 0.1) is 17.2 Å². The Hall–Kier alpha value is -3.67. The number of benzene rings is 2. The third-order valence-corrected chi connectivity index (χ3v) is 7.48. The van der Waals surface area contributed by atoms with Crippen LogP contribution in [-0.4, -0.2) is 45.0 Å². The average Bonchev–Trinajstić information content (AvgIpc) is 3.66. The molecule has 1 atom stereocenters. The van der Waals surface area contributed by atoms with Crippen LogP contribution in [-0.2, 0) is 12.1 Å². The van der Waals surface area contributed by atoms with Crippen molar-refractivity contribution in [1.82, 2.24) is 14.7 Å². The van der Waals surface area contributed by atoms with Gasteiger partial charge in [0.25, 0.3) is 5.91 Å². The highest BCUT2D eigenvalue weighted by molar-refractivity contribution is 5.97. The Morgan fingerprint density at radius 3 is 2.42 bits per heavy atom. The van der Waals surface area contributed by atoms with E-state index in [4.69, 9.17) is 5.73 Å². The molecule has 2 aliphatic rings. The van der Waals surface area contributed by atoms with Gasteiger partial charge in [-0.25, -0.2) is 0 Å². The number of amides is 1. The summed E-state index contributed by atoms with van der Waals surface area (Å²) >= 11 is 0. The van der Waals surface area contributed by atoms with Gasteiger partial charge in [-0.3, -0.25) is 14.4 Å². The fraction of sp³-hybridized carbons (Fsp3) is 0.393. The number of nitriles is 1. The van der Waals surface area contributed by atoms with E-state index < -0.39 is 17.7 Å². The summed E-state index contributed by atoms with van der Waals surface area (Å²) in [5.74, 6) is -0.135. The van der Waals surface area contributed by atoms with Gasteiger partial charge in [0.2, 0.25) is 0 Å². The first kappa shape index (κ1) is 24.0. The maximum atomic E-state index is 12.1. The molecule has 1 aliphatic carbocycles. The number of nitrogens with one attached hydrogen (secondary N) is 1. The van der Waals surface area contributed by atoms with Crippen LogP contribution in [0.4, 0.5) is 5.82 Å². The molecule has 2 aromatic carbocycles. The van der Waals surface area contributed by atoms with E-state index in [0.29, 0.717) is 5.82 Å². The normalized spacial score (nSPS) is 18.3. The number of hydrogen-bond donors (Lipinski definition) is 3. The Morgan fingerprint density at radius 2 is 1.81 bits per heavy atom. The summed E-state index contributed by atoms with van der Waals surface area (Å²) in [6.45, 7) is 2.45. The molecule has 2 fully saturated rings. The van der Waals surface area contributed by atoms with Gasteiger partial charge in [0.1, 0.15) is 11.8 Å². The molecule has 1 unspecified atom stereocenters. The van der Waals surface area contributed by atoms with Crippen molar-refractivity contribution in [2.24, 2.45) is 11.7 Å². The van der Waals surface area contributed by atoms with Gasteiger partial charge in [0, 0.05) is 31.7 Å². The fourth-order valence-electron chi connectivity index (χ4n) is 5.03. The molecule has 1 amide bonds. The molecule has 8 nitrogen and oxygen atoms in total. The lowest BCUT2D eigenvalue weighted by atomic mass is 9.84. The second kappa shape index (κ2) is 10.1. The van der Waals surface area contributed by atoms with Crippen LogP contribution in [0.1, 0.15) is 48.0 Å². The number of likely N-dealkylation sites (tertiary alicyclic amines) is 1. The second-order valence-corrected chi connectivity index (χ2v) is 10.0. The van der Waals surface area contributed by atoms with Crippen molar-refractivity contribution >= 4 is 11.7 Å². The molecular weight excluding hydrogens is 452 g/mol. The minimum absolute atomic E-state index is 0.175. The highest BCUT2D eigenvalue weighted by atomic mass is 16.3. The average molecular weight is 485 g/mol. The Labute approximate surface area is 211 Å². The van der Waals surface area contributed by atoms with Gasteiger partial charge >= 0.3 is 0 Å². The number of aliphatic hydroxyl groups is 1. The van der Waals surface area contributed by atoms with Crippen molar-refractivity contribution in [3.05, 3.63) is 71.9 Å². The lowest BCUT2D eigenvalue weighted by Crippen LogP contribution is -2.46. The molecule has 0 spiro atoms. The molecule has 36 heavy (non-hydrogen) atoms. The zero-order valence-corrected chi connectivity index (χ0v) is 20.3. The van der Waals surface area contributed by atoms with Crippen LogP contribution in [0.3, 0.4) is 0 Å². The Kier molecular flexibility index (Phi) is 6.77. The van der Waals surface area contributed by atoms with Gasteiger partial charge in [-0.2, -0.15) is 10.4 Å². The lowest BCUT2D eigenvalue weighted by molar-refractivity contribution is 0.0966. The van der Waals surface area contributed by atoms with Crippen LogP contribution >= 0.6 is 0 Å². The van der Waals surface area contributed by atoms with E-state index in [0.717, 1.165) is 45.3 Å². The van der Waals surface area contributed by atoms with Crippen LogP contribution in [0.15, 0.2) is 60.8 Å². The van der Waals surface area contributed by atoms with Gasteiger partial charge in [-0.1, -0.05) is 54.6 Å². The summed E-state index contributed by atoms with van der Waals surface area (Å²) in [4.78, 5) is 14.5. The molecule has 8 heteroatoms. The first-order valence-electron chi connectivity index (χ1n) is 12.6. The van der Waals surface area contributed by atoms with Gasteiger partial charge < -0.3 is 16.2 Å². The molecule has 1 saturated heterocycles. The number of carbonyl (C=O) groups is 1. The number of hydrogen-bond acceptors (Lipinski definition) is 6. The Bertz CT molecular complexity index is 1240. The summed E-state index contributed by atoms with van der Waals surface area (Å²) in [6, 6.07) is 21.3. The molecule has 1 saturated carbocycles. The number of aromatic nitrogens is 2. The van der Waals surface area contributed by atoms with Gasteiger partial charge in [-0.15, -0.1) is 0 Å². The van der Waals surface area contributed by atoms with E-state index in [1.807, 2.05) is 18.2 Å². The Morgan fingerprint density at radius 1 is 1.14 bits per heavy atom. The number of aliphatic hydroxyl groups excluding tert-OH is 1. The topological polar surface area (TPSA) is 120 Å². The van der Waals surface area contributed by atoms with Crippen LogP contribution in [0.2, 0.25) is 0 Å². The quantitative estimate of drug-likeness (QED) is 0.399. The minimum atomic E-state index is -0.756. The molecule has 186 valence electrons. The maximum absolute atomic E-state index is 12.1. The molecule has 1 aliphatic heterocycles. The zero-order chi connectivity index (χ0) is 25.1. The summed E-state index contributed by atoms with van der Waals surface area (Å²) in [6.07, 6.45) is 4.53. The molecule has 0 radical (unpaired) electrons. The predicted molar refractivity (Wildman–Crippen MR) is 138 cm³/mol. The number of rotatable bonds is 9. The van der Waals surface area contributed by atoms with Crippen molar-refractivity contribution in [2.45, 2.75) is 50.4 Å². The van der Waals surface area contributed by atoms with Crippen molar-refractivity contribution < 1.29 is 9.90 Å². The highest BCUT2D eigenvalue weighted by Gasteiger charge is 2.39. The summed E-state index contributed by atoms with van der Waals surface area (Å²) in [5.41, 5.74) is 8.99. The number of primary amides is 1. The van der Waals surface area contributed by atoms with Crippen molar-refractivity contribution in [3.63, 3.8) is 0 Å². The number of nitrogens with zero attached hydrogens (tertiary/aromatic N) is 4. The van der Waals surface area contributed by atoms with Gasteiger partial charge in [0.15, 0.2) is 5.82 Å². The number of nitrogens with two attached hydrogens (primary N) is 1. The number of anilines is 1. The first-order valence-corrected chi connectivity index (χ1v) is 12.6. The van der Waals surface area contributed by atoms with E-state index in [1.165, 1.54) is 16.7 Å². The number of piperidine rings is 1. The van der Waals surface area contributed by atoms with Gasteiger partial charge in [0.05, 0.1) is 18.0 Å². The van der Waals surface area contributed by atoms with Crippen LogP contribution in [0.25, 0.3) is 11.1 Å². The SMILES string of the molecule is N#CCC1(n2cc(C(N)=O)c(NC(O)C3CC3)n2)CCN(Cc2ccc(-c3ccccc3)cc2)CC1. The first-order chi connectivity index (χ1) is 17.5. The predicted octanol–water partition coefficient (Wildman–Crippen LogP) is 3.69. The molecular formula is C28H32N6O2. The van der Waals surface area contributed by atoms with Gasteiger partial charge in [-0.05, 0) is 42.4 Å². The van der Waals surface area contributed by atoms with E-state index in [9.17, 15) is 15.2 Å². The van der Waals surface area contributed by atoms with Crippen molar-refractivity contribution in [1.29, 1.82) is 5.26 Å². The van der Waals surface area contributed by atoms with E-state index in [-0.39, 0.29) is 17.9 Å². The van der Waals surface area contributed by atoms with Crippen LogP contribution < -0.4 is 11.1 Å². The van der Waals surface area contributed by atoms with E-state index in [2.05, 4.69) is 57.8 Å². The largest absolute Gasteiger partial charge is 0.373 e. The molecule has 5 rings (SSSR count).